The number of amides is 1. The fourth-order valence-corrected chi connectivity index (χ4v) is 2.47. The van der Waals surface area contributed by atoms with E-state index in [0.717, 1.165) is 5.76 Å². The Labute approximate surface area is 160 Å². The van der Waals surface area contributed by atoms with Crippen molar-refractivity contribution in [3.63, 3.8) is 0 Å². The first-order valence-electron chi connectivity index (χ1n) is 8.83. The predicted molar refractivity (Wildman–Crippen MR) is 107 cm³/mol. The van der Waals surface area contributed by atoms with Gasteiger partial charge in [-0.3, -0.25) is 4.90 Å². The molecule has 0 radical (unpaired) electrons. The quantitative estimate of drug-likeness (QED) is 0.570. The lowest BCUT2D eigenvalue weighted by atomic mass is 10.0. The van der Waals surface area contributed by atoms with Crippen molar-refractivity contribution in [1.29, 1.82) is 0 Å². The number of rotatable bonds is 7. The minimum atomic E-state index is -0.600. The van der Waals surface area contributed by atoms with Gasteiger partial charge in [0.25, 0.3) is 0 Å². The molecule has 2 aromatic rings. The van der Waals surface area contributed by atoms with Crippen molar-refractivity contribution in [1.82, 2.24) is 0 Å². The smallest absolute Gasteiger partial charge is 0.418 e. The number of carbonyl (C=O) groups excluding carboxylic acids is 1. The van der Waals surface area contributed by atoms with Crippen molar-refractivity contribution in [2.24, 2.45) is 0 Å². The Balaban J connectivity index is 2.32. The van der Waals surface area contributed by atoms with E-state index in [1.165, 1.54) is 4.90 Å². The molecule has 144 valence electrons. The van der Waals surface area contributed by atoms with Gasteiger partial charge >= 0.3 is 6.09 Å². The molecule has 0 aliphatic heterocycles. The molecule has 5 nitrogen and oxygen atoms in total. The number of ether oxygens (including phenoxy) is 2. The molecule has 0 unspecified atom stereocenters. The van der Waals surface area contributed by atoms with E-state index in [0.29, 0.717) is 17.9 Å². The minimum absolute atomic E-state index is 0.0271. The number of anilines is 1. The number of benzene rings is 1. The number of nitrogens with zero attached hydrogens (tertiary/aromatic N) is 1. The van der Waals surface area contributed by atoms with E-state index in [2.05, 4.69) is 6.58 Å². The molecule has 2 rings (SSSR count). The van der Waals surface area contributed by atoms with Crippen molar-refractivity contribution < 1.29 is 18.7 Å². The Morgan fingerprint density at radius 1 is 1.26 bits per heavy atom. The number of furan rings is 1. The highest BCUT2D eigenvalue weighted by Gasteiger charge is 2.22. The van der Waals surface area contributed by atoms with Gasteiger partial charge in [-0.15, -0.1) is 6.58 Å². The van der Waals surface area contributed by atoms with Gasteiger partial charge in [0.1, 0.15) is 17.1 Å². The normalized spacial score (nSPS) is 12.6. The van der Waals surface area contributed by atoms with Gasteiger partial charge in [-0.05, 0) is 63.6 Å². The van der Waals surface area contributed by atoms with E-state index in [9.17, 15) is 4.79 Å². The molecule has 0 bridgehead atoms. The summed E-state index contributed by atoms with van der Waals surface area (Å²) in [5.41, 5.74) is 0.0788. The summed E-state index contributed by atoms with van der Waals surface area (Å²) in [6, 6.07) is 11.0. The number of hydrogen-bond acceptors (Lipinski definition) is 4. The molecule has 0 fully saturated rings. The number of carbonyl (C=O) groups is 1. The van der Waals surface area contributed by atoms with Crippen LogP contribution in [0.1, 0.15) is 38.9 Å². The van der Waals surface area contributed by atoms with Crippen molar-refractivity contribution >= 4 is 11.8 Å². The second-order valence-corrected chi connectivity index (χ2v) is 7.04. The van der Waals surface area contributed by atoms with Crippen LogP contribution in [0.5, 0.6) is 5.75 Å². The summed E-state index contributed by atoms with van der Waals surface area (Å²) in [6.07, 6.45) is 7.31. The maximum absolute atomic E-state index is 12.7. The fraction of sp³-hybridized carbons (Fsp3) is 0.318. The summed E-state index contributed by atoms with van der Waals surface area (Å²) in [6.45, 7) is 9.32. The SMILES string of the molecule is C=CC[C@@H](/C=C\N(C(=O)OC(C)(C)C)c1ccc(OC)cc1)c1ccco1. The van der Waals surface area contributed by atoms with Gasteiger partial charge in [0.15, 0.2) is 0 Å². The second kappa shape index (κ2) is 9.12. The average Bonchev–Trinajstić information content (AvgIpc) is 3.14. The molecule has 1 heterocycles. The summed E-state index contributed by atoms with van der Waals surface area (Å²) in [5, 5.41) is 0. The Morgan fingerprint density at radius 2 is 1.96 bits per heavy atom. The molecule has 0 spiro atoms. The molecule has 5 heteroatoms. The predicted octanol–water partition coefficient (Wildman–Crippen LogP) is 5.90. The number of hydrogen-bond donors (Lipinski definition) is 0. The Hall–Kier alpha value is -2.95. The molecule has 1 aromatic carbocycles. The molecule has 0 saturated heterocycles. The Kier molecular flexibility index (Phi) is 6.88. The van der Waals surface area contributed by atoms with E-state index in [4.69, 9.17) is 13.9 Å². The van der Waals surface area contributed by atoms with Gasteiger partial charge in [-0.1, -0.05) is 12.2 Å². The monoisotopic (exact) mass is 369 g/mol. The molecule has 1 atom stereocenters. The van der Waals surface area contributed by atoms with Crippen LogP contribution in [-0.2, 0) is 4.74 Å². The fourth-order valence-electron chi connectivity index (χ4n) is 2.47. The topological polar surface area (TPSA) is 51.9 Å². The van der Waals surface area contributed by atoms with Gasteiger partial charge in [0, 0.05) is 12.1 Å². The van der Waals surface area contributed by atoms with Crippen LogP contribution < -0.4 is 9.64 Å². The van der Waals surface area contributed by atoms with E-state index in [1.807, 2.05) is 57.2 Å². The Bertz CT molecular complexity index is 755. The molecule has 1 aromatic heterocycles. The third-order valence-electron chi connectivity index (χ3n) is 3.74. The highest BCUT2D eigenvalue weighted by atomic mass is 16.6. The van der Waals surface area contributed by atoms with Gasteiger partial charge in [-0.25, -0.2) is 4.79 Å². The minimum Gasteiger partial charge on any atom is -0.497 e. The summed E-state index contributed by atoms with van der Waals surface area (Å²) >= 11 is 0. The molecule has 0 aliphatic carbocycles. The molecule has 1 amide bonds. The number of methoxy groups -OCH3 is 1. The third kappa shape index (κ3) is 6.06. The Morgan fingerprint density at radius 3 is 2.48 bits per heavy atom. The van der Waals surface area contributed by atoms with Crippen molar-refractivity contribution in [2.75, 3.05) is 12.0 Å². The lowest BCUT2D eigenvalue weighted by Gasteiger charge is -2.25. The lowest BCUT2D eigenvalue weighted by molar-refractivity contribution is 0.0596. The number of allylic oxidation sites excluding steroid dienone is 2. The zero-order valence-corrected chi connectivity index (χ0v) is 16.3. The van der Waals surface area contributed by atoms with Crippen molar-refractivity contribution in [3.05, 3.63) is 73.4 Å². The van der Waals surface area contributed by atoms with Crippen LogP contribution in [0.3, 0.4) is 0 Å². The summed E-state index contributed by atoms with van der Waals surface area (Å²) < 4.78 is 16.3. The summed E-state index contributed by atoms with van der Waals surface area (Å²) in [5.74, 6) is 1.50. The molecule has 0 aliphatic rings. The van der Waals surface area contributed by atoms with Gasteiger partial charge in [0.05, 0.1) is 19.1 Å². The standard InChI is InChI=1S/C22H27NO4/c1-6-8-17(20-9-7-16-26-20)14-15-23(21(24)27-22(2,3)4)18-10-12-19(25-5)13-11-18/h6-7,9-17H,1,8H2,2-5H3/b15-14-/t17-/m0/s1. The van der Waals surface area contributed by atoms with E-state index in [1.54, 1.807) is 31.7 Å². The van der Waals surface area contributed by atoms with Crippen molar-refractivity contribution in [2.45, 2.75) is 38.7 Å². The first kappa shape index (κ1) is 20.4. The van der Waals surface area contributed by atoms with Gasteiger partial charge in [0.2, 0.25) is 0 Å². The third-order valence-corrected chi connectivity index (χ3v) is 3.74. The van der Waals surface area contributed by atoms with Crippen LogP contribution in [0.4, 0.5) is 10.5 Å². The first-order valence-corrected chi connectivity index (χ1v) is 8.83. The summed E-state index contributed by atoms with van der Waals surface area (Å²) in [7, 11) is 1.60. The van der Waals surface area contributed by atoms with Crippen LogP contribution in [0.15, 0.2) is 72.0 Å². The molecular formula is C22H27NO4. The van der Waals surface area contributed by atoms with Crippen LogP contribution in [0.2, 0.25) is 0 Å². The van der Waals surface area contributed by atoms with Gasteiger partial charge < -0.3 is 13.9 Å². The van der Waals surface area contributed by atoms with Gasteiger partial charge in [-0.2, -0.15) is 0 Å². The van der Waals surface area contributed by atoms with Crippen LogP contribution in [0, 0.1) is 0 Å². The van der Waals surface area contributed by atoms with E-state index < -0.39 is 11.7 Å². The molecule has 27 heavy (non-hydrogen) atoms. The van der Waals surface area contributed by atoms with E-state index in [-0.39, 0.29) is 5.92 Å². The highest BCUT2D eigenvalue weighted by molar-refractivity contribution is 5.90. The molecular weight excluding hydrogens is 342 g/mol. The zero-order chi connectivity index (χ0) is 19.9. The highest BCUT2D eigenvalue weighted by Crippen LogP contribution is 2.26. The maximum Gasteiger partial charge on any atom is 0.418 e. The largest absolute Gasteiger partial charge is 0.497 e. The second-order valence-electron chi connectivity index (χ2n) is 7.04. The average molecular weight is 369 g/mol. The summed E-state index contributed by atoms with van der Waals surface area (Å²) in [4.78, 5) is 14.2. The lowest BCUT2D eigenvalue weighted by Crippen LogP contribution is -2.33. The van der Waals surface area contributed by atoms with Crippen LogP contribution in [0.25, 0.3) is 0 Å². The van der Waals surface area contributed by atoms with Crippen LogP contribution in [-0.4, -0.2) is 18.8 Å². The molecule has 0 saturated carbocycles. The first-order chi connectivity index (χ1) is 12.8. The maximum atomic E-state index is 12.7. The van der Waals surface area contributed by atoms with Crippen molar-refractivity contribution in [3.8, 4) is 5.75 Å². The van der Waals surface area contributed by atoms with E-state index >= 15 is 0 Å². The van der Waals surface area contributed by atoms with Crippen LogP contribution >= 0.6 is 0 Å². The molecule has 0 N–H and O–H groups in total. The zero-order valence-electron chi connectivity index (χ0n) is 16.3.